The van der Waals surface area contributed by atoms with Crippen LogP contribution in [0.2, 0.25) is 67.7 Å². The molecule has 0 aliphatic carbocycles. The van der Waals surface area contributed by atoms with Crippen molar-refractivity contribution in [1.82, 2.24) is 0 Å². The molecule has 330 valence electrons. The predicted octanol–water partition coefficient (Wildman–Crippen LogP) is 16.9. The van der Waals surface area contributed by atoms with Gasteiger partial charge in [-0.1, -0.05) is 0 Å². The summed E-state index contributed by atoms with van der Waals surface area (Å²) in [5.74, 6) is 1.30. The van der Waals surface area contributed by atoms with Crippen molar-refractivity contribution in [3.8, 4) is 0 Å². The van der Waals surface area contributed by atoms with E-state index >= 15 is 0 Å². The summed E-state index contributed by atoms with van der Waals surface area (Å²) >= 11 is -2.84. The maximum atomic E-state index is 8.03. The van der Waals surface area contributed by atoms with Crippen LogP contribution >= 0.6 is 0 Å². The average Bonchev–Trinajstić information content (AvgIpc) is 3.46. The summed E-state index contributed by atoms with van der Waals surface area (Å²) < 4.78 is 29.1. The first-order chi connectivity index (χ1) is 25.8. The number of hydrogen-bond donors (Lipinski definition) is 0. The van der Waals surface area contributed by atoms with Gasteiger partial charge in [0.05, 0.1) is 0 Å². The second-order valence-corrected chi connectivity index (χ2v) is 50.9. The van der Waals surface area contributed by atoms with E-state index < -0.39 is 43.1 Å². The molecule has 0 saturated carbocycles. The van der Waals surface area contributed by atoms with Crippen molar-refractivity contribution >= 4 is 43.1 Å². The summed E-state index contributed by atoms with van der Waals surface area (Å²) in [6.45, 7) is 54.2. The van der Waals surface area contributed by atoms with Gasteiger partial charge in [-0.3, -0.25) is 0 Å². The fourth-order valence-corrected chi connectivity index (χ4v) is 40.4. The summed E-state index contributed by atoms with van der Waals surface area (Å²) in [5, 5.41) is 0.128. The summed E-state index contributed by atoms with van der Waals surface area (Å²) in [6, 6.07) is 0. The predicted molar refractivity (Wildman–Crippen MR) is 263 cm³/mol. The van der Waals surface area contributed by atoms with Gasteiger partial charge >= 0.3 is 362 Å². The van der Waals surface area contributed by atoms with Crippen molar-refractivity contribution in [3.05, 3.63) is 33.6 Å². The normalized spacial score (nSPS) is 20.9. The van der Waals surface area contributed by atoms with E-state index in [1.54, 1.807) is 0 Å². The molecule has 1 aliphatic rings. The average molecular weight is 940 g/mol. The van der Waals surface area contributed by atoms with E-state index in [9.17, 15) is 0 Å². The number of unbranched alkanes of at least 4 members (excludes halogenated alkanes) is 3. The molecule has 56 heavy (non-hydrogen) atoms. The molecule has 7 heteroatoms. The van der Waals surface area contributed by atoms with Crippen LogP contribution in [0.4, 0.5) is 0 Å². The Kier molecular flexibility index (Phi) is 23.6. The molecule has 0 spiro atoms. The van der Waals surface area contributed by atoms with Gasteiger partial charge in [0.2, 0.25) is 0 Å². The van der Waals surface area contributed by atoms with E-state index in [1.807, 2.05) is 3.59 Å². The fourth-order valence-electron chi connectivity index (χ4n) is 10.3. The van der Waals surface area contributed by atoms with E-state index in [0.717, 1.165) is 19.4 Å². The molecular formula is C49H100O3Si3Sn. The van der Waals surface area contributed by atoms with Crippen molar-refractivity contribution < 1.29 is 13.6 Å². The number of hydrogen-bond acceptors (Lipinski definition) is 3. The monoisotopic (exact) mass is 941 g/mol. The zero-order valence-electron chi connectivity index (χ0n) is 41.6. The first-order valence-electron chi connectivity index (χ1n) is 23.8. The summed E-state index contributed by atoms with van der Waals surface area (Å²) in [4.78, 5) is 0. The first-order valence-corrected chi connectivity index (χ1v) is 39.9. The van der Waals surface area contributed by atoms with Crippen molar-refractivity contribution in [1.29, 1.82) is 0 Å². The molecule has 1 saturated heterocycles. The Labute approximate surface area is 360 Å². The Balaban J connectivity index is 4.25. The van der Waals surface area contributed by atoms with Crippen LogP contribution in [-0.2, 0) is 13.6 Å². The van der Waals surface area contributed by atoms with Crippen LogP contribution in [0, 0.1) is 23.7 Å². The molecule has 0 N–H and O–H groups in total. The van der Waals surface area contributed by atoms with Gasteiger partial charge in [-0.15, -0.1) is 0 Å². The second kappa shape index (κ2) is 24.3. The van der Waals surface area contributed by atoms with Gasteiger partial charge in [-0.05, 0) is 0 Å². The molecule has 0 bridgehead atoms. The minimum absolute atomic E-state index is 0.128. The van der Waals surface area contributed by atoms with E-state index in [0.29, 0.717) is 34.4 Å². The zero-order valence-corrected chi connectivity index (χ0v) is 47.4. The molecule has 3 nitrogen and oxygen atoms in total. The van der Waals surface area contributed by atoms with Gasteiger partial charge in [-0.25, -0.2) is 0 Å². The van der Waals surface area contributed by atoms with Crippen molar-refractivity contribution in [2.75, 3.05) is 6.61 Å². The van der Waals surface area contributed by atoms with Crippen molar-refractivity contribution in [2.45, 2.75) is 242 Å². The Morgan fingerprint density at radius 1 is 0.821 bits per heavy atom. The molecular weight excluding hydrogens is 840 g/mol. The fraction of sp³-hybridized carbons (Fsp3) is 0.878. The van der Waals surface area contributed by atoms with Crippen LogP contribution in [0.15, 0.2) is 33.6 Å². The summed E-state index contributed by atoms with van der Waals surface area (Å²) in [5.41, 5.74) is 5.91. The van der Waals surface area contributed by atoms with E-state index in [-0.39, 0.29) is 23.4 Å². The van der Waals surface area contributed by atoms with Gasteiger partial charge in [0, 0.05) is 0 Å². The number of ether oxygens (including phenoxy) is 1. The van der Waals surface area contributed by atoms with E-state index in [2.05, 4.69) is 161 Å². The third kappa shape index (κ3) is 15.5. The van der Waals surface area contributed by atoms with Crippen LogP contribution in [0.1, 0.15) is 162 Å². The Hall–Kier alpha value is 0.549. The van der Waals surface area contributed by atoms with Gasteiger partial charge < -0.3 is 0 Å². The Morgan fingerprint density at radius 3 is 1.68 bits per heavy atom. The van der Waals surface area contributed by atoms with E-state index in [1.165, 1.54) is 63.8 Å². The molecule has 1 fully saturated rings. The summed E-state index contributed by atoms with van der Waals surface area (Å²) in [7, 11) is -5.89. The quantitative estimate of drug-likeness (QED) is 0.0607. The van der Waals surface area contributed by atoms with Gasteiger partial charge in [-0.2, -0.15) is 0 Å². The van der Waals surface area contributed by atoms with Gasteiger partial charge in [0.25, 0.3) is 0 Å². The second-order valence-electron chi connectivity index (χ2n) is 22.3. The van der Waals surface area contributed by atoms with Crippen LogP contribution in [0.3, 0.4) is 0 Å². The van der Waals surface area contributed by atoms with Crippen LogP contribution in [-0.4, -0.2) is 62.1 Å². The SMILES string of the molecule is C=C[C@H]1C([C@H]([C@H](C)CCC=C(C)C)[C@@H](C/[C](=C/[Si](C)(C)C)[Sn]([CH2]CCC)([CH2]CCC)[CH2]CCC)O[Si](C)(C)C(C)(C)C)CO[C@H]1O[Si](C(C)C)(C(C)C)C(C)C. The van der Waals surface area contributed by atoms with E-state index in [4.69, 9.17) is 13.6 Å². The molecule has 0 amide bonds. The van der Waals surface area contributed by atoms with Crippen LogP contribution < -0.4 is 0 Å². The molecule has 6 atom stereocenters. The van der Waals surface area contributed by atoms with Gasteiger partial charge in [0.1, 0.15) is 0 Å². The third-order valence-electron chi connectivity index (χ3n) is 14.3. The Bertz CT molecular complexity index is 1150. The molecule has 0 aromatic rings. The summed E-state index contributed by atoms with van der Waals surface area (Å²) in [6.07, 6.45) is 16.2. The topological polar surface area (TPSA) is 27.7 Å². The molecule has 1 aliphatic heterocycles. The van der Waals surface area contributed by atoms with Crippen molar-refractivity contribution in [2.24, 2.45) is 23.7 Å². The molecule has 0 aromatic heterocycles. The first kappa shape index (κ1) is 54.6. The zero-order chi connectivity index (χ0) is 43.3. The molecule has 1 rings (SSSR count). The molecule has 0 radical (unpaired) electrons. The minimum atomic E-state index is -2.84. The van der Waals surface area contributed by atoms with Crippen LogP contribution in [0.5, 0.6) is 0 Å². The van der Waals surface area contributed by atoms with Gasteiger partial charge in [0.15, 0.2) is 0 Å². The van der Waals surface area contributed by atoms with Crippen molar-refractivity contribution in [3.63, 3.8) is 0 Å². The molecule has 0 aromatic carbocycles. The standard InChI is InChI=1S/C37H73O3Si3.3C4H9.Sn/c1-19-32-33(26-38-36(32)40-43(28(4)5,29(6)7)30(8)9)35(31(10)23-20-22-27(2)3)34(24-21-25-41(14,15)16)39-42(17,18)37(11,12)13;3*1-3-4-2;/h19,22,25,28-36H,1,20,23-24,26H2,2-18H3;3*1,3-4H2,2H3;/t31-,32+,33?,34-,35+,36+;;;;/m1..../s1. The molecule has 1 heterocycles. The third-order valence-corrected chi connectivity index (χ3v) is 43.0. The number of allylic oxidation sites excluding steroid dienone is 2. The Morgan fingerprint density at radius 2 is 1.30 bits per heavy atom. The van der Waals surface area contributed by atoms with Crippen LogP contribution in [0.25, 0.3) is 0 Å². The number of rotatable bonds is 27. The maximum absolute atomic E-state index is 8.03. The molecule has 1 unspecified atom stereocenters.